The minimum Gasteiger partial charge on any atom is -0.461 e. The van der Waals surface area contributed by atoms with E-state index in [0.29, 0.717) is 12.3 Å². The van der Waals surface area contributed by atoms with Crippen LogP contribution in [0.5, 0.6) is 0 Å². The van der Waals surface area contributed by atoms with Gasteiger partial charge in [-0.05, 0) is 66.0 Å². The van der Waals surface area contributed by atoms with E-state index in [0.717, 1.165) is 44.3 Å². The average Bonchev–Trinajstić information content (AvgIpc) is 3.27. The normalized spacial score (nSPS) is 18.7. The van der Waals surface area contributed by atoms with Gasteiger partial charge in [0.25, 0.3) is 0 Å². The van der Waals surface area contributed by atoms with Gasteiger partial charge in [0.05, 0.1) is 5.69 Å². The van der Waals surface area contributed by atoms with Crippen LogP contribution in [0.4, 0.5) is 8.78 Å². The highest BCUT2D eigenvalue weighted by Gasteiger charge is 2.39. The minimum absolute atomic E-state index is 0.0187. The Kier molecular flexibility index (Phi) is 4.42. The van der Waals surface area contributed by atoms with Crippen LogP contribution in [0, 0.1) is 6.92 Å². The Morgan fingerprint density at radius 3 is 2.63 bits per heavy atom. The Morgan fingerprint density at radius 1 is 1.07 bits per heavy atom. The van der Waals surface area contributed by atoms with Crippen LogP contribution in [0.3, 0.4) is 0 Å². The topological polar surface area (TPSA) is 26.0 Å². The van der Waals surface area contributed by atoms with Gasteiger partial charge in [0.1, 0.15) is 11.3 Å². The molecule has 1 saturated carbocycles. The summed E-state index contributed by atoms with van der Waals surface area (Å²) in [6.07, 6.45) is 2.27. The second kappa shape index (κ2) is 6.90. The van der Waals surface area contributed by atoms with Crippen LogP contribution in [-0.4, -0.2) is 10.9 Å². The largest absolute Gasteiger partial charge is 0.461 e. The van der Waals surface area contributed by atoms with Gasteiger partial charge in [-0.3, -0.25) is 4.98 Å². The molecule has 2 heterocycles. The fourth-order valence-electron chi connectivity index (χ4n) is 4.71. The smallest absolute Gasteiger partial charge is 0.248 e. The Balaban J connectivity index is 1.67. The molecule has 1 unspecified atom stereocenters. The third-order valence-electron chi connectivity index (χ3n) is 6.35. The van der Waals surface area contributed by atoms with Crippen LogP contribution < -0.4 is 0 Å². The second-order valence-corrected chi connectivity index (χ2v) is 8.93. The first-order chi connectivity index (χ1) is 14.3. The lowest BCUT2D eigenvalue weighted by molar-refractivity contribution is 0.00777. The van der Waals surface area contributed by atoms with E-state index in [2.05, 4.69) is 38.1 Å². The van der Waals surface area contributed by atoms with E-state index in [1.165, 1.54) is 5.56 Å². The van der Waals surface area contributed by atoms with Gasteiger partial charge in [-0.25, -0.2) is 8.78 Å². The van der Waals surface area contributed by atoms with E-state index in [1.807, 2.05) is 25.1 Å². The monoisotopic (exact) mass is 405 g/mol. The molecule has 0 aliphatic heterocycles. The Labute approximate surface area is 174 Å². The molecule has 30 heavy (non-hydrogen) atoms. The number of halogens is 2. The van der Waals surface area contributed by atoms with Crippen molar-refractivity contribution in [1.29, 1.82) is 0 Å². The van der Waals surface area contributed by atoms with Crippen molar-refractivity contribution in [2.75, 3.05) is 0 Å². The molecule has 0 saturated heterocycles. The van der Waals surface area contributed by atoms with Gasteiger partial charge in [0, 0.05) is 35.4 Å². The van der Waals surface area contributed by atoms with Crippen LogP contribution in [-0.2, 0) is 0 Å². The molecule has 2 aromatic heterocycles. The highest BCUT2D eigenvalue weighted by Crippen LogP contribution is 2.45. The fraction of sp³-hybridized carbons (Fsp3) is 0.346. The zero-order valence-corrected chi connectivity index (χ0v) is 17.5. The van der Waals surface area contributed by atoms with E-state index >= 15 is 0 Å². The highest BCUT2D eigenvalue weighted by molar-refractivity contribution is 6.02. The lowest BCUT2D eigenvalue weighted by Crippen LogP contribution is -2.09. The number of aromatic nitrogens is 1. The van der Waals surface area contributed by atoms with Crippen LogP contribution in [0.15, 0.2) is 53.1 Å². The molecule has 0 radical (unpaired) electrons. The molecular formula is C26H25F2NO. The number of furan rings is 1. The quantitative estimate of drug-likeness (QED) is 0.345. The molecule has 4 aromatic rings. The Hall–Kier alpha value is -2.75. The van der Waals surface area contributed by atoms with Crippen molar-refractivity contribution in [3.05, 3.63) is 65.5 Å². The van der Waals surface area contributed by atoms with E-state index in [9.17, 15) is 8.78 Å². The van der Waals surface area contributed by atoms with Gasteiger partial charge < -0.3 is 4.42 Å². The first-order valence-corrected chi connectivity index (χ1v) is 10.6. The second-order valence-electron chi connectivity index (χ2n) is 8.93. The van der Waals surface area contributed by atoms with Gasteiger partial charge in [-0.2, -0.15) is 0 Å². The number of fused-ring (bicyclic) bond motifs is 2. The van der Waals surface area contributed by atoms with E-state index < -0.39 is 5.92 Å². The number of hydrogen-bond acceptors (Lipinski definition) is 2. The summed E-state index contributed by atoms with van der Waals surface area (Å²) < 4.78 is 33.5. The first kappa shape index (κ1) is 19.2. The predicted molar refractivity (Wildman–Crippen MR) is 117 cm³/mol. The maximum absolute atomic E-state index is 13.7. The maximum Gasteiger partial charge on any atom is 0.248 e. The number of benzene rings is 2. The number of rotatable bonds is 3. The molecule has 0 spiro atoms. The molecular weight excluding hydrogens is 380 g/mol. The lowest BCUT2D eigenvalue weighted by Gasteiger charge is -2.14. The van der Waals surface area contributed by atoms with Crippen LogP contribution in [0.1, 0.15) is 61.8 Å². The minimum atomic E-state index is -2.54. The molecule has 1 atom stereocenters. The summed E-state index contributed by atoms with van der Waals surface area (Å²) in [5.41, 5.74) is 4.93. The van der Waals surface area contributed by atoms with E-state index in [-0.39, 0.29) is 18.8 Å². The fourth-order valence-corrected chi connectivity index (χ4v) is 4.71. The number of hydrogen-bond donors (Lipinski definition) is 0. The summed E-state index contributed by atoms with van der Waals surface area (Å²) in [7, 11) is 0. The Morgan fingerprint density at radius 2 is 1.90 bits per heavy atom. The van der Waals surface area contributed by atoms with Crippen LogP contribution in [0.25, 0.3) is 33.0 Å². The van der Waals surface area contributed by atoms with E-state index in [1.54, 1.807) is 6.20 Å². The Bertz CT molecular complexity index is 1250. The summed E-state index contributed by atoms with van der Waals surface area (Å²) in [5.74, 6) is -1.36. The zero-order valence-electron chi connectivity index (χ0n) is 17.5. The summed E-state index contributed by atoms with van der Waals surface area (Å²) in [6, 6.07) is 14.5. The molecule has 5 rings (SSSR count). The van der Waals surface area contributed by atoms with Crippen molar-refractivity contribution in [1.82, 2.24) is 4.98 Å². The lowest BCUT2D eigenvalue weighted by atomic mass is 9.92. The third kappa shape index (κ3) is 3.28. The molecule has 2 nitrogen and oxygen atoms in total. The van der Waals surface area contributed by atoms with E-state index in [4.69, 9.17) is 9.40 Å². The van der Waals surface area contributed by atoms with Crippen LogP contribution >= 0.6 is 0 Å². The molecule has 1 fully saturated rings. The number of alkyl halides is 2. The van der Waals surface area contributed by atoms with Crippen molar-refractivity contribution < 1.29 is 13.2 Å². The van der Waals surface area contributed by atoms with Crippen molar-refractivity contribution in [2.24, 2.45) is 0 Å². The molecule has 2 aromatic carbocycles. The van der Waals surface area contributed by atoms with Crippen LogP contribution in [0.2, 0.25) is 0 Å². The van der Waals surface area contributed by atoms with Gasteiger partial charge in [0.2, 0.25) is 5.92 Å². The van der Waals surface area contributed by atoms with Gasteiger partial charge in [-0.1, -0.05) is 32.0 Å². The number of aryl methyl sites for hydroxylation is 1. The predicted octanol–water partition coefficient (Wildman–Crippen LogP) is 7.98. The molecule has 0 bridgehead atoms. The first-order valence-electron chi connectivity index (χ1n) is 10.6. The molecule has 4 heteroatoms. The SMILES string of the molecule is Cc1cc2cc(C(C)C)cc(-c3nccc4cc(C5CCC(F)(F)C5)ccc34)c2o1. The summed E-state index contributed by atoms with van der Waals surface area (Å²) >= 11 is 0. The summed E-state index contributed by atoms with van der Waals surface area (Å²) in [6.45, 7) is 6.31. The maximum atomic E-state index is 13.7. The average molecular weight is 405 g/mol. The van der Waals surface area contributed by atoms with Gasteiger partial charge >= 0.3 is 0 Å². The third-order valence-corrected chi connectivity index (χ3v) is 6.35. The number of pyridine rings is 1. The standard InChI is InChI=1S/C26H25F2NO/c1-15(2)20-12-21-10-16(3)30-25(21)23(13-20)24-22-5-4-17(11-18(22)7-9-29-24)19-6-8-26(27,28)14-19/h4-5,7,9-13,15,19H,6,8,14H2,1-3H3. The summed E-state index contributed by atoms with van der Waals surface area (Å²) in [4.78, 5) is 4.71. The molecule has 0 N–H and O–H groups in total. The molecule has 1 aliphatic rings. The molecule has 154 valence electrons. The number of nitrogens with zero attached hydrogens (tertiary/aromatic N) is 1. The zero-order chi connectivity index (χ0) is 21.0. The summed E-state index contributed by atoms with van der Waals surface area (Å²) in [5, 5.41) is 3.12. The van der Waals surface area contributed by atoms with Crippen molar-refractivity contribution in [2.45, 2.75) is 57.8 Å². The molecule has 0 amide bonds. The van der Waals surface area contributed by atoms with Gasteiger partial charge in [0.15, 0.2) is 0 Å². The van der Waals surface area contributed by atoms with Crippen molar-refractivity contribution >= 4 is 21.7 Å². The van der Waals surface area contributed by atoms with Crippen molar-refractivity contribution in [3.8, 4) is 11.3 Å². The van der Waals surface area contributed by atoms with Gasteiger partial charge in [-0.15, -0.1) is 0 Å². The molecule has 1 aliphatic carbocycles. The highest BCUT2D eigenvalue weighted by atomic mass is 19.3. The van der Waals surface area contributed by atoms with Crippen molar-refractivity contribution in [3.63, 3.8) is 0 Å².